The number of allylic oxidation sites excluding steroid dienone is 1. The number of ether oxygens (including phenoxy) is 4. The molecule has 0 bridgehead atoms. The van der Waals surface area contributed by atoms with Gasteiger partial charge in [0, 0.05) is 11.0 Å². The lowest BCUT2D eigenvalue weighted by Crippen LogP contribution is -2.49. The van der Waals surface area contributed by atoms with Crippen LogP contribution in [-0.4, -0.2) is 61.5 Å². The van der Waals surface area contributed by atoms with Gasteiger partial charge in [0.2, 0.25) is 0 Å². The topological polar surface area (TPSA) is 137 Å². The summed E-state index contributed by atoms with van der Waals surface area (Å²) >= 11 is 13.7. The summed E-state index contributed by atoms with van der Waals surface area (Å²) < 4.78 is 24.5. The molecular formula is C22H21Br4N3O8. The van der Waals surface area contributed by atoms with Gasteiger partial charge in [0.25, 0.3) is 5.91 Å². The van der Waals surface area contributed by atoms with Crippen LogP contribution in [-0.2, 0) is 23.8 Å². The number of benzene rings is 1. The third kappa shape index (κ3) is 6.10. The van der Waals surface area contributed by atoms with Gasteiger partial charge in [-0.2, -0.15) is 0 Å². The second-order valence-electron chi connectivity index (χ2n) is 8.03. The van der Waals surface area contributed by atoms with E-state index in [4.69, 9.17) is 23.8 Å². The number of carbonyl (C=O) groups is 2. The quantitative estimate of drug-likeness (QED) is 0.334. The Bertz CT molecular complexity index is 1170. The van der Waals surface area contributed by atoms with E-state index in [0.717, 1.165) is 5.56 Å². The summed E-state index contributed by atoms with van der Waals surface area (Å²) in [6.45, 7) is 0.955. The minimum absolute atomic E-state index is 0.0549. The molecule has 1 aromatic carbocycles. The van der Waals surface area contributed by atoms with Gasteiger partial charge in [-0.15, -0.1) is 0 Å². The van der Waals surface area contributed by atoms with Crippen molar-refractivity contribution in [2.24, 2.45) is 5.16 Å². The third-order valence-electron chi connectivity index (χ3n) is 5.56. The molecule has 0 aromatic heterocycles. The van der Waals surface area contributed by atoms with E-state index >= 15 is 0 Å². The molecule has 37 heavy (non-hydrogen) atoms. The number of alkyl carbamates (subject to hydrolysis) is 1. The smallest absolute Gasteiger partial charge is 0.407 e. The van der Waals surface area contributed by atoms with E-state index < -0.39 is 23.9 Å². The summed E-state index contributed by atoms with van der Waals surface area (Å²) in [7, 11) is 1.49. The first kappa shape index (κ1) is 28.2. The molecule has 3 N–H and O–H groups in total. The van der Waals surface area contributed by atoms with Gasteiger partial charge in [-0.05, 0) is 71.9 Å². The average molecular weight is 775 g/mol. The molecule has 15 heteroatoms. The summed E-state index contributed by atoms with van der Waals surface area (Å²) in [4.78, 5) is 29.3. The summed E-state index contributed by atoms with van der Waals surface area (Å²) in [6.07, 6.45) is -0.410. The number of methoxy groups -OCH3 is 1. The van der Waals surface area contributed by atoms with Crippen molar-refractivity contribution in [1.29, 1.82) is 0 Å². The summed E-state index contributed by atoms with van der Waals surface area (Å²) in [5, 5.41) is 19.9. The molecule has 3 aliphatic rings. The van der Waals surface area contributed by atoms with Crippen molar-refractivity contribution in [3.63, 3.8) is 0 Å². The number of cyclic esters (lactones) is 1. The fraction of sp³-hybridized carbons (Fsp3) is 0.409. The van der Waals surface area contributed by atoms with Crippen LogP contribution in [0.3, 0.4) is 0 Å². The second kappa shape index (κ2) is 11.9. The minimum Gasteiger partial charge on any atom is -0.495 e. The van der Waals surface area contributed by atoms with Crippen LogP contribution in [0.4, 0.5) is 4.79 Å². The molecule has 1 saturated heterocycles. The maximum absolute atomic E-state index is 12.7. The summed E-state index contributed by atoms with van der Waals surface area (Å²) in [5.74, 6) is -1.14. The first-order valence-electron chi connectivity index (χ1n) is 10.9. The molecule has 0 radical (unpaired) electrons. The van der Waals surface area contributed by atoms with Crippen molar-refractivity contribution in [3.05, 3.63) is 47.6 Å². The van der Waals surface area contributed by atoms with Crippen LogP contribution in [0.25, 0.3) is 0 Å². The van der Waals surface area contributed by atoms with Gasteiger partial charge in [0.1, 0.15) is 23.9 Å². The van der Waals surface area contributed by atoms with Gasteiger partial charge in [-0.25, -0.2) is 4.79 Å². The van der Waals surface area contributed by atoms with Gasteiger partial charge in [-0.3, -0.25) is 4.79 Å². The Morgan fingerprint density at radius 2 is 2.03 bits per heavy atom. The van der Waals surface area contributed by atoms with Crippen LogP contribution >= 0.6 is 63.7 Å². The number of halogens is 4. The first-order valence-corrected chi connectivity index (χ1v) is 14.1. The number of nitrogens with zero attached hydrogens (tertiary/aromatic N) is 1. The zero-order chi connectivity index (χ0) is 26.7. The molecule has 1 spiro atoms. The van der Waals surface area contributed by atoms with Gasteiger partial charge < -0.3 is 39.5 Å². The van der Waals surface area contributed by atoms with Crippen LogP contribution in [0.2, 0.25) is 0 Å². The number of hydrogen-bond acceptors (Lipinski definition) is 9. The number of nitrogens with one attached hydrogen (secondary N) is 2. The van der Waals surface area contributed by atoms with E-state index in [1.165, 1.54) is 13.4 Å². The highest BCUT2D eigenvalue weighted by molar-refractivity contribution is 9.12. The van der Waals surface area contributed by atoms with Gasteiger partial charge in [0.15, 0.2) is 11.8 Å². The monoisotopic (exact) mass is 771 g/mol. The zero-order valence-electron chi connectivity index (χ0n) is 19.2. The molecule has 1 aromatic rings. The van der Waals surface area contributed by atoms with E-state index in [1.807, 2.05) is 12.1 Å². The van der Waals surface area contributed by atoms with Crippen LogP contribution in [0.1, 0.15) is 24.5 Å². The Balaban J connectivity index is 1.27. The highest BCUT2D eigenvalue weighted by Crippen LogP contribution is 2.41. The molecule has 2 amide bonds. The third-order valence-corrected chi connectivity index (χ3v) is 7.93. The SMILES string of the molecule is COC1=C(Br)C[C@]2(OC=C1Br)ON=C(C(=O)NCCCOc1c(Br)cc([C@@H]3CNC(=O)O3)cc1Br)[C@@H]2O. The van der Waals surface area contributed by atoms with E-state index in [-0.39, 0.29) is 24.8 Å². The standard InChI is InChI=1S/C22H21Br4N3O8/c1-33-17-13(25)7-22(35-9-14(17)26)19(30)16(29-37-22)20(31)27-3-2-4-34-18-11(23)5-10(6-12(18)24)15-8-28-21(32)36-15/h5-6,9,15,19,30H,2-4,7-8H2,1H3,(H,27,31)(H,28,32)/t15-,19-,22-/m0/s1. The van der Waals surface area contributed by atoms with Crippen molar-refractivity contribution in [2.75, 3.05) is 26.8 Å². The number of oxime groups is 1. The Morgan fingerprint density at radius 3 is 2.68 bits per heavy atom. The molecule has 4 rings (SSSR count). The molecular weight excluding hydrogens is 754 g/mol. The van der Waals surface area contributed by atoms with E-state index in [9.17, 15) is 14.7 Å². The van der Waals surface area contributed by atoms with E-state index in [2.05, 4.69) is 79.5 Å². The lowest BCUT2D eigenvalue weighted by atomic mass is 10.0. The molecule has 1 fully saturated rings. The zero-order valence-corrected chi connectivity index (χ0v) is 25.5. The predicted octanol–water partition coefficient (Wildman–Crippen LogP) is 4.23. The lowest BCUT2D eigenvalue weighted by Gasteiger charge is -2.27. The number of carbonyl (C=O) groups excluding carboxylic acids is 2. The minimum atomic E-state index is -1.61. The molecule has 0 unspecified atom stereocenters. The molecule has 3 atom stereocenters. The fourth-order valence-corrected chi connectivity index (χ4v) is 6.69. The van der Waals surface area contributed by atoms with Crippen molar-refractivity contribution in [3.8, 4) is 5.75 Å². The first-order chi connectivity index (χ1) is 17.6. The van der Waals surface area contributed by atoms with E-state index in [1.54, 1.807) is 0 Å². The Labute approximate surface area is 245 Å². The van der Waals surface area contributed by atoms with Crippen molar-refractivity contribution < 1.29 is 38.5 Å². The Kier molecular flexibility index (Phi) is 9.09. The number of rotatable bonds is 8. The molecule has 0 aliphatic carbocycles. The largest absolute Gasteiger partial charge is 0.495 e. The number of aliphatic hydroxyl groups is 1. The molecule has 0 saturated carbocycles. The number of aliphatic hydroxyl groups excluding tert-OH is 1. The average Bonchev–Trinajstić information content (AvgIpc) is 3.39. The number of amides is 2. The van der Waals surface area contributed by atoms with Crippen molar-refractivity contribution in [1.82, 2.24) is 10.6 Å². The van der Waals surface area contributed by atoms with Crippen LogP contribution in [0.5, 0.6) is 5.75 Å². The summed E-state index contributed by atoms with van der Waals surface area (Å²) in [5.41, 5.74) is 0.615. The molecule has 11 nitrogen and oxygen atoms in total. The summed E-state index contributed by atoms with van der Waals surface area (Å²) in [6, 6.07) is 3.66. The Hall–Kier alpha value is -1.81. The molecule has 200 valence electrons. The molecule has 3 aliphatic heterocycles. The lowest BCUT2D eigenvalue weighted by molar-refractivity contribution is -0.225. The number of hydrogen-bond donors (Lipinski definition) is 3. The predicted molar refractivity (Wildman–Crippen MR) is 145 cm³/mol. The maximum Gasteiger partial charge on any atom is 0.407 e. The normalized spacial score (nSPS) is 24.9. The van der Waals surface area contributed by atoms with Crippen LogP contribution in [0.15, 0.2) is 47.2 Å². The van der Waals surface area contributed by atoms with Crippen molar-refractivity contribution in [2.45, 2.75) is 30.8 Å². The van der Waals surface area contributed by atoms with Crippen molar-refractivity contribution >= 4 is 81.4 Å². The maximum atomic E-state index is 12.7. The highest BCUT2D eigenvalue weighted by atomic mass is 79.9. The molecule has 3 heterocycles. The van der Waals surface area contributed by atoms with Crippen LogP contribution in [0, 0.1) is 0 Å². The second-order valence-corrected chi connectivity index (χ2v) is 11.5. The van der Waals surface area contributed by atoms with Crippen LogP contribution < -0.4 is 15.4 Å². The van der Waals surface area contributed by atoms with Gasteiger partial charge in [0.05, 0.1) is 40.1 Å². The Morgan fingerprint density at radius 1 is 1.30 bits per heavy atom. The van der Waals surface area contributed by atoms with E-state index in [0.29, 0.717) is 49.0 Å². The van der Waals surface area contributed by atoms with Gasteiger partial charge in [-0.1, -0.05) is 21.1 Å². The fourth-order valence-electron chi connectivity index (χ4n) is 3.71. The highest BCUT2D eigenvalue weighted by Gasteiger charge is 2.54. The van der Waals surface area contributed by atoms with Gasteiger partial charge >= 0.3 is 11.9 Å².